The molecule has 0 amide bonds. The SMILES string of the molecule is CC(=O)[C@H]1CC[C@H]2C3=CC=C4CC(O)CC[C@]4(C)[C@@]3(O)C(O)C[C@]12C. The molecule has 0 aromatic heterocycles. The Morgan fingerprint density at radius 3 is 2.56 bits per heavy atom. The standard InChI is InChI=1S/C21H30O4/c1-12(22)15-6-7-16-17-5-4-13-10-14(23)8-9-20(13,3)21(17,25)18(24)11-19(15,16)2/h4-5,14-16,18,23-25H,6-11H2,1-3H3/t14?,15-,16+,18?,19-,20+,21+/m1/s1. The van der Waals surface area contributed by atoms with Crippen LogP contribution in [0.2, 0.25) is 0 Å². The van der Waals surface area contributed by atoms with Crippen molar-refractivity contribution >= 4 is 5.78 Å². The average Bonchev–Trinajstić information content (AvgIpc) is 2.87. The molecular weight excluding hydrogens is 316 g/mol. The third kappa shape index (κ3) is 2.02. The minimum absolute atomic E-state index is 0.0380. The molecule has 3 fully saturated rings. The van der Waals surface area contributed by atoms with Gasteiger partial charge in [0.05, 0.1) is 12.2 Å². The third-order valence-electron chi connectivity index (χ3n) is 8.20. The summed E-state index contributed by atoms with van der Waals surface area (Å²) in [7, 11) is 0. The van der Waals surface area contributed by atoms with Crippen molar-refractivity contribution in [1.29, 1.82) is 0 Å². The smallest absolute Gasteiger partial charge is 0.133 e. The molecule has 0 aromatic carbocycles. The highest BCUT2D eigenvalue weighted by Gasteiger charge is 2.67. The highest BCUT2D eigenvalue weighted by molar-refractivity contribution is 5.80. The van der Waals surface area contributed by atoms with E-state index in [0.29, 0.717) is 25.7 Å². The van der Waals surface area contributed by atoms with Gasteiger partial charge in [0.1, 0.15) is 11.4 Å². The zero-order valence-corrected chi connectivity index (χ0v) is 15.5. The fraction of sp³-hybridized carbons (Fsp3) is 0.762. The number of ketones is 1. The summed E-state index contributed by atoms with van der Waals surface area (Å²) in [4.78, 5) is 12.2. The zero-order valence-electron chi connectivity index (χ0n) is 15.5. The number of Topliss-reactive ketones (excluding diaryl/α,β-unsaturated/α-hetero) is 1. The van der Waals surface area contributed by atoms with Crippen molar-refractivity contribution in [2.45, 2.75) is 77.1 Å². The first kappa shape index (κ1) is 17.4. The summed E-state index contributed by atoms with van der Waals surface area (Å²) in [5.41, 5.74) is -0.140. The van der Waals surface area contributed by atoms with E-state index in [2.05, 4.69) is 13.0 Å². The van der Waals surface area contributed by atoms with Crippen LogP contribution < -0.4 is 0 Å². The number of hydrogen-bond donors (Lipinski definition) is 3. The lowest BCUT2D eigenvalue weighted by Gasteiger charge is -2.61. The third-order valence-corrected chi connectivity index (χ3v) is 8.20. The Morgan fingerprint density at radius 1 is 1.16 bits per heavy atom. The van der Waals surface area contributed by atoms with Gasteiger partial charge in [0.15, 0.2) is 0 Å². The minimum Gasteiger partial charge on any atom is -0.393 e. The summed E-state index contributed by atoms with van der Waals surface area (Å²) < 4.78 is 0. The Bertz CT molecular complexity index is 679. The number of hydrogen-bond acceptors (Lipinski definition) is 4. The molecule has 3 saturated carbocycles. The van der Waals surface area contributed by atoms with Crippen LogP contribution in [0.3, 0.4) is 0 Å². The van der Waals surface area contributed by atoms with E-state index in [1.807, 2.05) is 13.0 Å². The molecule has 0 heterocycles. The van der Waals surface area contributed by atoms with Crippen LogP contribution in [0, 0.1) is 22.7 Å². The van der Waals surface area contributed by atoms with E-state index in [-0.39, 0.29) is 29.1 Å². The normalized spacial score (nSPS) is 51.8. The Hall–Kier alpha value is -0.970. The van der Waals surface area contributed by atoms with Crippen LogP contribution in [-0.2, 0) is 4.79 Å². The maximum absolute atomic E-state index is 12.2. The van der Waals surface area contributed by atoms with E-state index in [9.17, 15) is 20.1 Å². The highest BCUT2D eigenvalue weighted by atomic mass is 16.3. The molecule has 7 atom stereocenters. The second-order valence-corrected chi connectivity index (χ2v) is 9.33. The van der Waals surface area contributed by atoms with Crippen LogP contribution in [0.15, 0.2) is 23.3 Å². The Balaban J connectivity index is 1.83. The molecule has 0 aromatic rings. The molecule has 0 spiro atoms. The predicted molar refractivity (Wildman–Crippen MR) is 94.7 cm³/mol. The summed E-state index contributed by atoms with van der Waals surface area (Å²) in [5, 5.41) is 33.1. The van der Waals surface area contributed by atoms with Gasteiger partial charge in [-0.3, -0.25) is 4.79 Å². The summed E-state index contributed by atoms with van der Waals surface area (Å²) in [5.74, 6) is 0.294. The second-order valence-electron chi connectivity index (χ2n) is 9.33. The summed E-state index contributed by atoms with van der Waals surface area (Å²) in [6.45, 7) is 5.82. The van der Waals surface area contributed by atoms with Crippen molar-refractivity contribution in [3.63, 3.8) is 0 Å². The molecule has 2 unspecified atom stereocenters. The van der Waals surface area contributed by atoms with Gasteiger partial charge in [-0.15, -0.1) is 0 Å². The molecular formula is C21H30O4. The molecule has 4 nitrogen and oxygen atoms in total. The fourth-order valence-corrected chi connectivity index (χ4v) is 6.73. The van der Waals surface area contributed by atoms with Crippen molar-refractivity contribution in [2.75, 3.05) is 0 Å². The van der Waals surface area contributed by atoms with Crippen LogP contribution >= 0.6 is 0 Å². The van der Waals surface area contributed by atoms with Gasteiger partial charge in [0, 0.05) is 11.3 Å². The Labute approximate surface area is 149 Å². The Kier molecular flexibility index (Phi) is 3.68. The molecule has 0 radical (unpaired) electrons. The largest absolute Gasteiger partial charge is 0.393 e. The maximum Gasteiger partial charge on any atom is 0.133 e. The lowest BCUT2D eigenvalue weighted by atomic mass is 9.47. The molecule has 0 bridgehead atoms. The molecule has 4 aliphatic rings. The first-order chi connectivity index (χ1) is 11.6. The number of allylic oxidation sites excluding steroid dienone is 2. The first-order valence-electron chi connectivity index (χ1n) is 9.65. The molecule has 4 heteroatoms. The van der Waals surface area contributed by atoms with E-state index in [0.717, 1.165) is 24.0 Å². The molecule has 138 valence electrons. The van der Waals surface area contributed by atoms with Crippen LogP contribution in [0.1, 0.15) is 59.3 Å². The topological polar surface area (TPSA) is 77.8 Å². The fourth-order valence-electron chi connectivity index (χ4n) is 6.73. The van der Waals surface area contributed by atoms with Crippen molar-refractivity contribution in [2.24, 2.45) is 22.7 Å². The molecule has 4 rings (SSSR count). The van der Waals surface area contributed by atoms with E-state index in [4.69, 9.17) is 0 Å². The number of carbonyl (C=O) groups excluding carboxylic acids is 1. The van der Waals surface area contributed by atoms with Gasteiger partial charge in [0.2, 0.25) is 0 Å². The lowest BCUT2D eigenvalue weighted by Crippen LogP contribution is -2.65. The van der Waals surface area contributed by atoms with E-state index in [1.54, 1.807) is 6.92 Å². The lowest BCUT2D eigenvalue weighted by molar-refractivity contribution is -0.171. The van der Waals surface area contributed by atoms with Crippen molar-refractivity contribution in [1.82, 2.24) is 0 Å². The van der Waals surface area contributed by atoms with Gasteiger partial charge in [-0.2, -0.15) is 0 Å². The molecule has 4 aliphatic carbocycles. The number of fused-ring (bicyclic) bond motifs is 5. The van der Waals surface area contributed by atoms with Gasteiger partial charge >= 0.3 is 0 Å². The summed E-state index contributed by atoms with van der Waals surface area (Å²) >= 11 is 0. The van der Waals surface area contributed by atoms with Gasteiger partial charge in [0.25, 0.3) is 0 Å². The first-order valence-corrected chi connectivity index (χ1v) is 9.65. The summed E-state index contributed by atoms with van der Waals surface area (Å²) in [6.07, 6.45) is 6.87. The molecule has 0 aliphatic heterocycles. The van der Waals surface area contributed by atoms with Gasteiger partial charge in [-0.05, 0) is 62.4 Å². The summed E-state index contributed by atoms with van der Waals surface area (Å²) in [6, 6.07) is 0. The minimum atomic E-state index is -1.28. The predicted octanol–water partition coefficient (Wildman–Crippen LogP) is 2.52. The van der Waals surface area contributed by atoms with Gasteiger partial charge in [-0.1, -0.05) is 31.6 Å². The van der Waals surface area contributed by atoms with E-state index >= 15 is 0 Å². The highest BCUT2D eigenvalue weighted by Crippen LogP contribution is 2.66. The second kappa shape index (κ2) is 5.28. The zero-order chi connectivity index (χ0) is 18.2. The van der Waals surface area contributed by atoms with Crippen LogP contribution in [-0.4, -0.2) is 38.9 Å². The van der Waals surface area contributed by atoms with Crippen LogP contribution in [0.4, 0.5) is 0 Å². The van der Waals surface area contributed by atoms with Crippen molar-refractivity contribution < 1.29 is 20.1 Å². The number of rotatable bonds is 1. The number of aliphatic hydroxyl groups is 3. The maximum atomic E-state index is 12.2. The number of carbonyl (C=O) groups is 1. The Morgan fingerprint density at radius 2 is 1.88 bits per heavy atom. The van der Waals surface area contributed by atoms with E-state index in [1.165, 1.54) is 0 Å². The molecule has 25 heavy (non-hydrogen) atoms. The quantitative estimate of drug-likeness (QED) is 0.682. The monoisotopic (exact) mass is 346 g/mol. The molecule has 0 saturated heterocycles. The van der Waals surface area contributed by atoms with Crippen LogP contribution in [0.25, 0.3) is 0 Å². The van der Waals surface area contributed by atoms with Crippen molar-refractivity contribution in [3.8, 4) is 0 Å². The van der Waals surface area contributed by atoms with Crippen LogP contribution in [0.5, 0.6) is 0 Å². The molecule has 3 N–H and O–H groups in total. The number of aliphatic hydroxyl groups excluding tert-OH is 2. The van der Waals surface area contributed by atoms with Gasteiger partial charge in [-0.25, -0.2) is 0 Å². The van der Waals surface area contributed by atoms with Crippen molar-refractivity contribution in [3.05, 3.63) is 23.3 Å². The van der Waals surface area contributed by atoms with Gasteiger partial charge < -0.3 is 15.3 Å². The average molecular weight is 346 g/mol. The van der Waals surface area contributed by atoms with E-state index < -0.39 is 17.1 Å².